The van der Waals surface area contributed by atoms with Crippen molar-refractivity contribution in [1.29, 1.82) is 0 Å². The summed E-state index contributed by atoms with van der Waals surface area (Å²) in [6.07, 6.45) is 1.72. The highest BCUT2D eigenvalue weighted by Crippen LogP contribution is 2.05. The topological polar surface area (TPSA) is 76.6 Å². The molecule has 0 aliphatic carbocycles. The van der Waals surface area contributed by atoms with Crippen LogP contribution in [0, 0.1) is 0 Å². The summed E-state index contributed by atoms with van der Waals surface area (Å²) in [4.78, 5) is 16.2. The average molecular weight is 281 g/mol. The fraction of sp³-hybridized carbons (Fsp3) is 0.692. The fourth-order valence-electron chi connectivity index (χ4n) is 2.18. The zero-order valence-electron chi connectivity index (χ0n) is 12.0. The molecule has 0 saturated carbocycles. The number of morpholine rings is 1. The lowest BCUT2D eigenvalue weighted by atomic mass is 10.4. The van der Waals surface area contributed by atoms with Gasteiger partial charge >= 0.3 is 0 Å². The Morgan fingerprint density at radius 3 is 2.80 bits per heavy atom. The van der Waals surface area contributed by atoms with Crippen molar-refractivity contribution in [2.45, 2.75) is 6.54 Å². The van der Waals surface area contributed by atoms with E-state index in [1.54, 1.807) is 12.3 Å². The number of anilines is 1. The van der Waals surface area contributed by atoms with E-state index in [0.717, 1.165) is 38.5 Å². The van der Waals surface area contributed by atoms with Gasteiger partial charge in [-0.3, -0.25) is 9.69 Å². The first-order valence-electron chi connectivity index (χ1n) is 6.99. The molecule has 1 aromatic rings. The summed E-state index contributed by atoms with van der Waals surface area (Å²) < 4.78 is 6.81. The van der Waals surface area contributed by atoms with Crippen LogP contribution in [0.3, 0.4) is 0 Å². The second kappa shape index (κ2) is 7.37. The molecule has 0 spiro atoms. The standard InChI is InChI=1S/C13H23N5O2/c1-16(3-2-14)12-10-13(19)18(15-11-12)5-4-17-6-8-20-9-7-17/h10-11H,2-9,14H2,1H3. The molecule has 1 aliphatic rings. The Morgan fingerprint density at radius 1 is 1.40 bits per heavy atom. The van der Waals surface area contributed by atoms with Crippen molar-refractivity contribution in [1.82, 2.24) is 14.7 Å². The van der Waals surface area contributed by atoms with Crippen molar-refractivity contribution in [2.24, 2.45) is 5.73 Å². The minimum Gasteiger partial charge on any atom is -0.379 e. The van der Waals surface area contributed by atoms with E-state index in [4.69, 9.17) is 10.5 Å². The zero-order chi connectivity index (χ0) is 14.4. The number of nitrogens with zero attached hydrogens (tertiary/aromatic N) is 4. The Balaban J connectivity index is 1.93. The first kappa shape index (κ1) is 15.0. The summed E-state index contributed by atoms with van der Waals surface area (Å²) in [6, 6.07) is 1.61. The van der Waals surface area contributed by atoms with Gasteiger partial charge in [0, 0.05) is 45.8 Å². The van der Waals surface area contributed by atoms with Crippen LogP contribution in [-0.4, -0.2) is 67.7 Å². The molecule has 0 bridgehead atoms. The smallest absolute Gasteiger partial charge is 0.268 e. The third-order valence-electron chi connectivity index (χ3n) is 3.49. The van der Waals surface area contributed by atoms with E-state index in [9.17, 15) is 4.79 Å². The van der Waals surface area contributed by atoms with Crippen molar-refractivity contribution in [3.8, 4) is 0 Å². The second-order valence-electron chi connectivity index (χ2n) is 4.94. The molecule has 20 heavy (non-hydrogen) atoms. The average Bonchev–Trinajstić information content (AvgIpc) is 2.47. The third kappa shape index (κ3) is 4.03. The largest absolute Gasteiger partial charge is 0.379 e. The highest BCUT2D eigenvalue weighted by molar-refractivity contribution is 5.41. The highest BCUT2D eigenvalue weighted by Gasteiger charge is 2.11. The van der Waals surface area contributed by atoms with Gasteiger partial charge in [0.05, 0.1) is 31.6 Å². The SMILES string of the molecule is CN(CCN)c1cnn(CCN2CCOCC2)c(=O)c1. The van der Waals surface area contributed by atoms with Crippen LogP contribution in [0.4, 0.5) is 5.69 Å². The molecule has 0 aromatic carbocycles. The highest BCUT2D eigenvalue weighted by atomic mass is 16.5. The monoisotopic (exact) mass is 281 g/mol. The van der Waals surface area contributed by atoms with Gasteiger partial charge in [0.2, 0.25) is 0 Å². The van der Waals surface area contributed by atoms with Gasteiger partial charge in [0.1, 0.15) is 0 Å². The molecular formula is C13H23N5O2. The van der Waals surface area contributed by atoms with Crippen LogP contribution in [0.15, 0.2) is 17.1 Å². The van der Waals surface area contributed by atoms with Gasteiger partial charge in [-0.05, 0) is 0 Å². The molecule has 2 N–H and O–H groups in total. The lowest BCUT2D eigenvalue weighted by Gasteiger charge is -2.26. The quantitative estimate of drug-likeness (QED) is 0.718. The maximum absolute atomic E-state index is 12.0. The summed E-state index contributed by atoms with van der Waals surface area (Å²) in [5.41, 5.74) is 6.24. The molecule has 112 valence electrons. The predicted octanol–water partition coefficient (Wildman–Crippen LogP) is -1.03. The minimum atomic E-state index is -0.0698. The van der Waals surface area contributed by atoms with Crippen molar-refractivity contribution in [3.63, 3.8) is 0 Å². The predicted molar refractivity (Wildman–Crippen MR) is 78.1 cm³/mol. The van der Waals surface area contributed by atoms with Gasteiger partial charge < -0.3 is 15.4 Å². The Morgan fingerprint density at radius 2 is 2.15 bits per heavy atom. The number of nitrogens with two attached hydrogens (primary N) is 1. The van der Waals surface area contributed by atoms with Gasteiger partial charge in [0.15, 0.2) is 0 Å². The van der Waals surface area contributed by atoms with E-state index in [1.807, 2.05) is 11.9 Å². The third-order valence-corrected chi connectivity index (χ3v) is 3.49. The van der Waals surface area contributed by atoms with Gasteiger partial charge in [-0.1, -0.05) is 0 Å². The number of hydrogen-bond acceptors (Lipinski definition) is 6. The maximum Gasteiger partial charge on any atom is 0.268 e. The van der Waals surface area contributed by atoms with Crippen molar-refractivity contribution < 1.29 is 4.74 Å². The summed E-state index contributed by atoms with van der Waals surface area (Å²) >= 11 is 0. The number of likely N-dealkylation sites (N-methyl/N-ethyl adjacent to an activating group) is 1. The maximum atomic E-state index is 12.0. The van der Waals surface area contributed by atoms with Gasteiger partial charge in [0.25, 0.3) is 5.56 Å². The number of rotatable bonds is 6. The molecule has 1 fully saturated rings. The van der Waals surface area contributed by atoms with Crippen LogP contribution in [0.1, 0.15) is 0 Å². The number of ether oxygens (including phenoxy) is 1. The van der Waals surface area contributed by atoms with Gasteiger partial charge in [-0.15, -0.1) is 0 Å². The van der Waals surface area contributed by atoms with Crippen LogP contribution >= 0.6 is 0 Å². The van der Waals surface area contributed by atoms with Crippen molar-refractivity contribution >= 4 is 5.69 Å². The lowest BCUT2D eigenvalue weighted by Crippen LogP contribution is -2.39. The van der Waals surface area contributed by atoms with Crippen molar-refractivity contribution in [2.75, 3.05) is 57.9 Å². The number of aromatic nitrogens is 2. The molecule has 0 amide bonds. The van der Waals surface area contributed by atoms with Gasteiger partial charge in [-0.2, -0.15) is 5.10 Å². The molecule has 0 atom stereocenters. The molecule has 2 heterocycles. The van der Waals surface area contributed by atoms with Crippen LogP contribution in [-0.2, 0) is 11.3 Å². The first-order valence-corrected chi connectivity index (χ1v) is 6.99. The minimum absolute atomic E-state index is 0.0698. The zero-order valence-corrected chi connectivity index (χ0v) is 12.0. The second-order valence-corrected chi connectivity index (χ2v) is 4.94. The van der Waals surface area contributed by atoms with Crippen LogP contribution in [0.2, 0.25) is 0 Å². The van der Waals surface area contributed by atoms with E-state index in [2.05, 4.69) is 10.00 Å². The molecular weight excluding hydrogens is 258 g/mol. The summed E-state index contributed by atoms with van der Waals surface area (Å²) in [6.45, 7) is 6.08. The summed E-state index contributed by atoms with van der Waals surface area (Å²) in [5.74, 6) is 0. The Kier molecular flexibility index (Phi) is 5.51. The molecule has 0 radical (unpaired) electrons. The van der Waals surface area contributed by atoms with Crippen LogP contribution < -0.4 is 16.2 Å². The Bertz CT molecular complexity index is 470. The molecule has 1 saturated heterocycles. The Labute approximate surface area is 118 Å². The van der Waals surface area contributed by atoms with E-state index in [-0.39, 0.29) is 5.56 Å². The summed E-state index contributed by atoms with van der Waals surface area (Å²) in [7, 11) is 1.90. The van der Waals surface area contributed by atoms with Crippen LogP contribution in [0.5, 0.6) is 0 Å². The first-order chi connectivity index (χ1) is 9.70. The molecule has 7 heteroatoms. The molecule has 2 rings (SSSR count). The van der Waals surface area contributed by atoms with Crippen molar-refractivity contribution in [3.05, 3.63) is 22.6 Å². The summed E-state index contributed by atoms with van der Waals surface area (Å²) in [5, 5.41) is 4.23. The molecule has 1 aliphatic heterocycles. The van der Waals surface area contributed by atoms with Gasteiger partial charge in [-0.25, -0.2) is 4.68 Å². The Hall–Kier alpha value is -1.44. The lowest BCUT2D eigenvalue weighted by molar-refractivity contribution is 0.0358. The van der Waals surface area contributed by atoms with E-state index >= 15 is 0 Å². The number of hydrogen-bond donors (Lipinski definition) is 1. The van der Waals surface area contributed by atoms with E-state index in [1.165, 1.54) is 4.68 Å². The normalized spacial score (nSPS) is 16.3. The van der Waals surface area contributed by atoms with Crippen LogP contribution in [0.25, 0.3) is 0 Å². The van der Waals surface area contributed by atoms with E-state index < -0.39 is 0 Å². The van der Waals surface area contributed by atoms with E-state index in [0.29, 0.717) is 19.6 Å². The molecule has 0 unspecified atom stereocenters. The fourth-order valence-corrected chi connectivity index (χ4v) is 2.18. The molecule has 7 nitrogen and oxygen atoms in total. The molecule has 1 aromatic heterocycles.